The van der Waals surface area contributed by atoms with E-state index in [2.05, 4.69) is 11.9 Å². The van der Waals surface area contributed by atoms with Gasteiger partial charge in [0, 0.05) is 5.57 Å². The zero-order chi connectivity index (χ0) is 12.3. The number of anilines is 1. The van der Waals surface area contributed by atoms with Crippen molar-refractivity contribution < 1.29 is 19.1 Å². The molecular formula is C10H12NO4P. The number of hydrogen-bond donors (Lipinski definition) is 3. The maximum absolute atomic E-state index is 11.3. The summed E-state index contributed by atoms with van der Waals surface area (Å²) >= 11 is 0. The Morgan fingerprint density at radius 1 is 1.38 bits per heavy atom. The van der Waals surface area contributed by atoms with Crippen LogP contribution in [0.2, 0.25) is 0 Å². The summed E-state index contributed by atoms with van der Waals surface area (Å²) in [6.07, 6.45) is 0. The standard InChI is InChI=1S/C10H12NO4P/c1-7(2)10(12)11-8-5-3-4-6-9(8)16(13,14)15/h3-6H,1H2,2H3,(H,11,12)(H2,13,14,15). The van der Waals surface area contributed by atoms with Crippen LogP contribution in [-0.4, -0.2) is 15.7 Å². The van der Waals surface area contributed by atoms with Gasteiger partial charge in [0.2, 0.25) is 0 Å². The van der Waals surface area contributed by atoms with Gasteiger partial charge in [0.15, 0.2) is 0 Å². The van der Waals surface area contributed by atoms with Crippen molar-refractivity contribution in [2.24, 2.45) is 0 Å². The van der Waals surface area contributed by atoms with E-state index in [9.17, 15) is 9.36 Å². The monoisotopic (exact) mass is 241 g/mol. The summed E-state index contributed by atoms with van der Waals surface area (Å²) < 4.78 is 11.1. The van der Waals surface area contributed by atoms with Crippen molar-refractivity contribution in [1.82, 2.24) is 0 Å². The zero-order valence-corrected chi connectivity index (χ0v) is 9.57. The smallest absolute Gasteiger partial charge is 0.321 e. The van der Waals surface area contributed by atoms with E-state index in [1.54, 1.807) is 6.07 Å². The van der Waals surface area contributed by atoms with E-state index in [4.69, 9.17) is 9.79 Å². The van der Waals surface area contributed by atoms with Crippen molar-refractivity contribution in [2.45, 2.75) is 6.92 Å². The van der Waals surface area contributed by atoms with E-state index in [0.29, 0.717) is 0 Å². The summed E-state index contributed by atoms with van der Waals surface area (Å²) in [5.74, 6) is -0.471. The summed E-state index contributed by atoms with van der Waals surface area (Å²) in [4.78, 5) is 29.4. The molecule has 1 rings (SSSR count). The van der Waals surface area contributed by atoms with Gasteiger partial charge in [-0.25, -0.2) is 0 Å². The number of rotatable bonds is 3. The first-order valence-corrected chi connectivity index (χ1v) is 6.05. The van der Waals surface area contributed by atoms with Crippen molar-refractivity contribution in [3.05, 3.63) is 36.4 Å². The first-order chi connectivity index (χ1) is 7.32. The molecule has 86 valence electrons. The number of benzene rings is 1. The van der Waals surface area contributed by atoms with E-state index in [0.717, 1.165) is 0 Å². The van der Waals surface area contributed by atoms with E-state index in [-0.39, 0.29) is 16.6 Å². The van der Waals surface area contributed by atoms with Crippen molar-refractivity contribution >= 4 is 24.5 Å². The number of hydrogen-bond acceptors (Lipinski definition) is 2. The molecule has 6 heteroatoms. The highest BCUT2D eigenvalue weighted by molar-refractivity contribution is 7.60. The summed E-state index contributed by atoms with van der Waals surface area (Å²) in [7, 11) is -4.39. The van der Waals surface area contributed by atoms with E-state index in [1.807, 2.05) is 0 Å². The number of amides is 1. The molecule has 0 aromatic heterocycles. The molecule has 0 aliphatic heterocycles. The van der Waals surface area contributed by atoms with Gasteiger partial charge in [0.25, 0.3) is 5.91 Å². The third kappa shape index (κ3) is 3.03. The molecule has 0 saturated carbocycles. The number of carbonyl (C=O) groups is 1. The second-order valence-corrected chi connectivity index (χ2v) is 4.87. The molecule has 0 spiro atoms. The normalized spacial score (nSPS) is 10.9. The Bertz CT molecular complexity index is 477. The minimum atomic E-state index is -4.39. The number of nitrogens with one attached hydrogen (secondary N) is 1. The lowest BCUT2D eigenvalue weighted by Crippen LogP contribution is -2.18. The molecule has 5 nitrogen and oxygen atoms in total. The largest absolute Gasteiger partial charge is 0.358 e. The maximum atomic E-state index is 11.3. The molecular weight excluding hydrogens is 229 g/mol. The summed E-state index contributed by atoms with van der Waals surface area (Å²) in [6.45, 7) is 4.95. The maximum Gasteiger partial charge on any atom is 0.358 e. The minimum absolute atomic E-state index is 0.101. The van der Waals surface area contributed by atoms with Crippen LogP contribution in [0.5, 0.6) is 0 Å². The lowest BCUT2D eigenvalue weighted by atomic mass is 10.3. The van der Waals surface area contributed by atoms with Gasteiger partial charge in [-0.05, 0) is 19.1 Å². The van der Waals surface area contributed by atoms with Gasteiger partial charge in [-0.15, -0.1) is 0 Å². The van der Waals surface area contributed by atoms with Crippen LogP contribution in [0.4, 0.5) is 5.69 Å². The average molecular weight is 241 g/mol. The Labute approximate surface area is 93.0 Å². The molecule has 0 radical (unpaired) electrons. The van der Waals surface area contributed by atoms with Crippen LogP contribution >= 0.6 is 7.60 Å². The van der Waals surface area contributed by atoms with Crippen LogP contribution in [0.15, 0.2) is 36.4 Å². The van der Waals surface area contributed by atoms with E-state index in [1.165, 1.54) is 25.1 Å². The van der Waals surface area contributed by atoms with Gasteiger partial charge < -0.3 is 15.1 Å². The van der Waals surface area contributed by atoms with Crippen molar-refractivity contribution in [2.75, 3.05) is 5.32 Å². The fourth-order valence-electron chi connectivity index (χ4n) is 1.06. The van der Waals surface area contributed by atoms with Gasteiger partial charge in [0.1, 0.15) is 0 Å². The van der Waals surface area contributed by atoms with Gasteiger partial charge in [-0.1, -0.05) is 18.7 Å². The molecule has 0 saturated heterocycles. The Kier molecular flexibility index (Phi) is 3.65. The second kappa shape index (κ2) is 4.61. The molecule has 1 amide bonds. The van der Waals surface area contributed by atoms with Crippen LogP contribution in [0.1, 0.15) is 6.92 Å². The van der Waals surface area contributed by atoms with Gasteiger partial charge in [0.05, 0.1) is 11.0 Å². The minimum Gasteiger partial charge on any atom is -0.321 e. The van der Waals surface area contributed by atoms with Crippen LogP contribution in [0.3, 0.4) is 0 Å². The summed E-state index contributed by atoms with van der Waals surface area (Å²) in [5, 5.41) is 2.18. The third-order valence-corrected chi connectivity index (χ3v) is 2.87. The van der Waals surface area contributed by atoms with E-state index < -0.39 is 13.5 Å². The van der Waals surface area contributed by atoms with Crippen LogP contribution in [-0.2, 0) is 9.36 Å². The molecule has 3 N–H and O–H groups in total. The quantitative estimate of drug-likeness (QED) is 0.544. The second-order valence-electron chi connectivity index (χ2n) is 3.30. The van der Waals surface area contributed by atoms with Crippen LogP contribution < -0.4 is 10.6 Å². The van der Waals surface area contributed by atoms with Gasteiger partial charge in [-0.3, -0.25) is 9.36 Å². The molecule has 0 atom stereocenters. The topological polar surface area (TPSA) is 86.6 Å². The fourth-order valence-corrected chi connectivity index (χ4v) is 1.79. The van der Waals surface area contributed by atoms with Crippen LogP contribution in [0, 0.1) is 0 Å². The van der Waals surface area contributed by atoms with Crippen molar-refractivity contribution in [1.29, 1.82) is 0 Å². The molecule has 16 heavy (non-hydrogen) atoms. The van der Waals surface area contributed by atoms with Gasteiger partial charge >= 0.3 is 7.60 Å². The predicted octanol–water partition coefficient (Wildman–Crippen LogP) is 1.00. The lowest BCUT2D eigenvalue weighted by molar-refractivity contribution is -0.112. The average Bonchev–Trinajstić information content (AvgIpc) is 2.16. The predicted molar refractivity (Wildman–Crippen MR) is 61.6 cm³/mol. The Morgan fingerprint density at radius 3 is 2.44 bits per heavy atom. The zero-order valence-electron chi connectivity index (χ0n) is 8.67. The summed E-state index contributed by atoms with van der Waals surface area (Å²) in [6, 6.07) is 5.77. The number of carbonyl (C=O) groups excluding carboxylic acids is 1. The Balaban J connectivity index is 3.10. The highest BCUT2D eigenvalue weighted by atomic mass is 31.2. The molecule has 0 unspecified atom stereocenters. The van der Waals surface area contributed by atoms with Crippen molar-refractivity contribution in [3.63, 3.8) is 0 Å². The van der Waals surface area contributed by atoms with E-state index >= 15 is 0 Å². The molecule has 0 aliphatic rings. The molecule has 0 fully saturated rings. The molecule has 0 aliphatic carbocycles. The van der Waals surface area contributed by atoms with Crippen molar-refractivity contribution in [3.8, 4) is 0 Å². The highest BCUT2D eigenvalue weighted by Crippen LogP contribution is 2.36. The molecule has 0 heterocycles. The molecule has 0 bridgehead atoms. The lowest BCUT2D eigenvalue weighted by Gasteiger charge is -2.11. The highest BCUT2D eigenvalue weighted by Gasteiger charge is 2.21. The number of para-hydroxylation sites is 1. The molecule has 1 aromatic rings. The SMILES string of the molecule is C=C(C)C(=O)Nc1ccccc1P(=O)(O)O. The third-order valence-electron chi connectivity index (χ3n) is 1.85. The van der Waals surface area contributed by atoms with Gasteiger partial charge in [-0.2, -0.15) is 0 Å². The van der Waals surface area contributed by atoms with Crippen LogP contribution in [0.25, 0.3) is 0 Å². The Morgan fingerprint density at radius 2 is 1.94 bits per heavy atom. The summed E-state index contributed by atoms with van der Waals surface area (Å²) in [5.41, 5.74) is 0.365. The first kappa shape index (κ1) is 12.6. The fraction of sp³-hybridized carbons (Fsp3) is 0.100. The first-order valence-electron chi connectivity index (χ1n) is 4.44. The Hall–Kier alpha value is -1.42. The molecule has 1 aromatic carbocycles.